The number of aromatic nitrogens is 2. The molecule has 0 unspecified atom stereocenters. The number of carbonyl (C=O) groups excluding carboxylic acids is 1. The molecule has 0 spiro atoms. The van der Waals surface area contributed by atoms with Crippen LogP contribution in [0, 0.1) is 18.3 Å². The highest BCUT2D eigenvalue weighted by atomic mass is 16.5. The average molecular weight is 359 g/mol. The maximum Gasteiger partial charge on any atom is 0.339 e. The number of hydrogen-bond acceptors (Lipinski definition) is 7. The summed E-state index contributed by atoms with van der Waals surface area (Å²) in [6, 6.07) is 18.0. The second-order valence-corrected chi connectivity index (χ2v) is 5.66. The maximum atomic E-state index is 11.9. The quantitative estimate of drug-likeness (QED) is 0.666. The molecule has 0 radical (unpaired) electrons. The number of nitriles is 1. The van der Waals surface area contributed by atoms with Crippen LogP contribution in [0.5, 0.6) is 0 Å². The first-order chi connectivity index (χ1) is 13.1. The molecule has 0 aliphatic carbocycles. The van der Waals surface area contributed by atoms with Crippen molar-refractivity contribution in [1.29, 1.82) is 5.26 Å². The van der Waals surface area contributed by atoms with Gasteiger partial charge in [0.05, 0.1) is 29.6 Å². The third kappa shape index (κ3) is 4.19. The Bertz CT molecular complexity index is 1030. The lowest BCUT2D eigenvalue weighted by Gasteiger charge is -2.12. The van der Waals surface area contributed by atoms with Crippen molar-refractivity contribution in [2.75, 3.05) is 17.7 Å². The van der Waals surface area contributed by atoms with E-state index in [9.17, 15) is 10.1 Å². The van der Waals surface area contributed by atoms with Crippen LogP contribution in [0.4, 0.5) is 23.1 Å². The number of nitrogens with one attached hydrogen (secondary N) is 2. The van der Waals surface area contributed by atoms with E-state index < -0.39 is 5.97 Å². The first-order valence-electron chi connectivity index (χ1n) is 8.17. The number of nitrogens with zero attached hydrogens (tertiary/aromatic N) is 3. The van der Waals surface area contributed by atoms with Crippen molar-refractivity contribution in [2.24, 2.45) is 0 Å². The minimum atomic E-state index is -0.452. The predicted molar refractivity (Wildman–Crippen MR) is 102 cm³/mol. The van der Waals surface area contributed by atoms with Gasteiger partial charge in [0.25, 0.3) is 0 Å². The topological polar surface area (TPSA) is 99.9 Å². The van der Waals surface area contributed by atoms with Crippen LogP contribution in [-0.2, 0) is 4.74 Å². The van der Waals surface area contributed by atoms with Crippen LogP contribution in [0.2, 0.25) is 0 Å². The lowest BCUT2D eigenvalue weighted by Crippen LogP contribution is -2.08. The van der Waals surface area contributed by atoms with E-state index >= 15 is 0 Å². The Labute approximate surface area is 156 Å². The van der Waals surface area contributed by atoms with E-state index in [4.69, 9.17) is 4.74 Å². The monoisotopic (exact) mass is 359 g/mol. The number of carbonyl (C=O) groups is 1. The Morgan fingerprint density at radius 1 is 1.04 bits per heavy atom. The van der Waals surface area contributed by atoms with Crippen LogP contribution in [0.25, 0.3) is 0 Å². The van der Waals surface area contributed by atoms with Crippen LogP contribution in [-0.4, -0.2) is 23.0 Å². The molecule has 0 atom stereocenters. The first kappa shape index (κ1) is 17.9. The number of aryl methyl sites for hydroxylation is 1. The van der Waals surface area contributed by atoms with E-state index in [1.807, 2.05) is 13.0 Å². The van der Waals surface area contributed by atoms with E-state index in [1.165, 1.54) is 7.11 Å². The van der Waals surface area contributed by atoms with Crippen LogP contribution in [0.1, 0.15) is 21.6 Å². The number of anilines is 4. The Kier molecular flexibility index (Phi) is 5.28. The third-order valence-electron chi connectivity index (χ3n) is 3.74. The van der Waals surface area contributed by atoms with Gasteiger partial charge < -0.3 is 15.4 Å². The standard InChI is InChI=1S/C20H17N5O2/c1-13-11-18(23-16-9-5-3-7-14(16)12-21)25-20(22-13)24-17-10-6-4-8-15(17)19(26)27-2/h3-11H,1-2H3,(H2,22,23,24,25). The zero-order valence-electron chi connectivity index (χ0n) is 14.9. The molecule has 2 N–H and O–H groups in total. The third-order valence-corrected chi connectivity index (χ3v) is 3.74. The van der Waals surface area contributed by atoms with E-state index in [0.29, 0.717) is 34.3 Å². The number of esters is 1. The Morgan fingerprint density at radius 3 is 2.48 bits per heavy atom. The summed E-state index contributed by atoms with van der Waals surface area (Å²) < 4.78 is 4.80. The van der Waals surface area contributed by atoms with Crippen LogP contribution in [0.15, 0.2) is 54.6 Å². The smallest absolute Gasteiger partial charge is 0.339 e. The molecule has 0 aliphatic rings. The molecule has 0 saturated carbocycles. The van der Waals surface area contributed by atoms with E-state index in [0.717, 1.165) is 5.69 Å². The van der Waals surface area contributed by atoms with Crippen LogP contribution in [0.3, 0.4) is 0 Å². The van der Waals surface area contributed by atoms with E-state index in [-0.39, 0.29) is 0 Å². The highest BCUT2D eigenvalue weighted by Crippen LogP contribution is 2.23. The number of hydrogen-bond donors (Lipinski definition) is 2. The molecule has 0 bridgehead atoms. The Balaban J connectivity index is 1.91. The summed E-state index contributed by atoms with van der Waals surface area (Å²) in [5, 5.41) is 15.4. The molecule has 27 heavy (non-hydrogen) atoms. The lowest BCUT2D eigenvalue weighted by molar-refractivity contribution is 0.0602. The largest absolute Gasteiger partial charge is 0.465 e. The van der Waals surface area contributed by atoms with Crippen molar-refractivity contribution in [1.82, 2.24) is 9.97 Å². The molecule has 0 aliphatic heterocycles. The molecule has 3 aromatic rings. The summed E-state index contributed by atoms with van der Waals surface area (Å²) >= 11 is 0. The molecule has 1 aromatic heterocycles. The molecule has 3 rings (SSSR count). The minimum Gasteiger partial charge on any atom is -0.465 e. The summed E-state index contributed by atoms with van der Waals surface area (Å²) in [7, 11) is 1.33. The molecular weight excluding hydrogens is 342 g/mol. The number of methoxy groups -OCH3 is 1. The molecule has 0 fully saturated rings. The Morgan fingerprint density at radius 2 is 1.74 bits per heavy atom. The fraction of sp³-hybridized carbons (Fsp3) is 0.100. The van der Waals surface area contributed by atoms with Crippen LogP contribution >= 0.6 is 0 Å². The second-order valence-electron chi connectivity index (χ2n) is 5.66. The predicted octanol–water partition coefficient (Wildman–Crippen LogP) is 3.93. The van der Waals surface area contributed by atoms with Gasteiger partial charge in [-0.3, -0.25) is 0 Å². The SMILES string of the molecule is COC(=O)c1ccccc1Nc1nc(C)cc(Nc2ccccc2C#N)n1. The van der Waals surface area contributed by atoms with Crippen LogP contribution < -0.4 is 10.6 Å². The summed E-state index contributed by atoms with van der Waals surface area (Å²) in [5.74, 6) is 0.401. The molecule has 1 heterocycles. The Hall–Kier alpha value is -3.92. The number of benzene rings is 2. The van der Waals surface area contributed by atoms with Crippen molar-refractivity contribution in [3.63, 3.8) is 0 Å². The minimum absolute atomic E-state index is 0.322. The normalized spacial score (nSPS) is 9.96. The summed E-state index contributed by atoms with van der Waals surface area (Å²) in [6.45, 7) is 1.83. The molecule has 0 amide bonds. The molecule has 7 nitrogen and oxygen atoms in total. The van der Waals surface area contributed by atoms with Crippen molar-refractivity contribution in [2.45, 2.75) is 6.92 Å². The molecule has 0 saturated heterocycles. The van der Waals surface area contributed by atoms with Gasteiger partial charge in [-0.15, -0.1) is 0 Å². The fourth-order valence-electron chi connectivity index (χ4n) is 2.52. The van der Waals surface area contributed by atoms with Crippen molar-refractivity contribution in [3.05, 3.63) is 71.4 Å². The van der Waals surface area contributed by atoms with E-state index in [1.54, 1.807) is 48.5 Å². The first-order valence-corrected chi connectivity index (χ1v) is 8.17. The molecule has 7 heteroatoms. The zero-order valence-corrected chi connectivity index (χ0v) is 14.9. The van der Waals surface area contributed by atoms with Gasteiger partial charge in [0.2, 0.25) is 5.95 Å². The van der Waals surface area contributed by atoms with Crippen molar-refractivity contribution >= 4 is 29.1 Å². The van der Waals surface area contributed by atoms with Gasteiger partial charge in [-0.25, -0.2) is 9.78 Å². The van der Waals surface area contributed by atoms with Gasteiger partial charge in [0, 0.05) is 11.8 Å². The van der Waals surface area contributed by atoms with Gasteiger partial charge in [-0.05, 0) is 31.2 Å². The van der Waals surface area contributed by atoms with Gasteiger partial charge in [0.15, 0.2) is 0 Å². The highest BCUT2D eigenvalue weighted by Gasteiger charge is 2.13. The molecule has 2 aromatic carbocycles. The average Bonchev–Trinajstić information content (AvgIpc) is 2.68. The van der Waals surface area contributed by atoms with Gasteiger partial charge in [-0.2, -0.15) is 10.2 Å². The summed E-state index contributed by atoms with van der Waals surface area (Å²) in [4.78, 5) is 20.7. The lowest BCUT2D eigenvalue weighted by atomic mass is 10.2. The zero-order chi connectivity index (χ0) is 19.2. The molecule has 134 valence electrons. The highest BCUT2D eigenvalue weighted by molar-refractivity contribution is 5.96. The van der Waals surface area contributed by atoms with Crippen molar-refractivity contribution < 1.29 is 9.53 Å². The van der Waals surface area contributed by atoms with E-state index in [2.05, 4.69) is 26.7 Å². The number of para-hydroxylation sites is 2. The number of ether oxygens (including phenoxy) is 1. The fourth-order valence-corrected chi connectivity index (χ4v) is 2.52. The summed E-state index contributed by atoms with van der Waals surface area (Å²) in [6.07, 6.45) is 0. The van der Waals surface area contributed by atoms with Gasteiger partial charge in [0.1, 0.15) is 11.9 Å². The number of rotatable bonds is 5. The molecular formula is C20H17N5O2. The van der Waals surface area contributed by atoms with Gasteiger partial charge >= 0.3 is 5.97 Å². The van der Waals surface area contributed by atoms with Crippen molar-refractivity contribution in [3.8, 4) is 6.07 Å². The maximum absolute atomic E-state index is 11.9. The second kappa shape index (κ2) is 7.97. The summed E-state index contributed by atoms with van der Waals surface area (Å²) in [5.41, 5.74) is 2.81. The van der Waals surface area contributed by atoms with Gasteiger partial charge in [-0.1, -0.05) is 24.3 Å².